The van der Waals surface area contributed by atoms with Crippen LogP contribution in [0, 0.1) is 0 Å². The van der Waals surface area contributed by atoms with Crippen molar-refractivity contribution in [3.05, 3.63) is 125 Å². The van der Waals surface area contributed by atoms with Gasteiger partial charge in [0.05, 0.1) is 0 Å². The topological polar surface area (TPSA) is 95.9 Å². The van der Waals surface area contributed by atoms with Crippen molar-refractivity contribution in [1.29, 1.82) is 0 Å². The highest BCUT2D eigenvalue weighted by Gasteiger charge is 2.29. The fourth-order valence-corrected chi connectivity index (χ4v) is 4.83. The molecule has 1 aliphatic carbocycles. The molecule has 0 saturated heterocycles. The summed E-state index contributed by atoms with van der Waals surface area (Å²) in [6.07, 6.45) is -0.636. The van der Waals surface area contributed by atoms with Crippen LogP contribution in [0.25, 0.3) is 11.1 Å². The number of ether oxygens (including phenoxy) is 1. The molecule has 0 spiro atoms. The van der Waals surface area contributed by atoms with Crippen molar-refractivity contribution in [2.75, 3.05) is 18.5 Å². The summed E-state index contributed by atoms with van der Waals surface area (Å²) < 4.78 is 5.60. The number of carboxylic acid groups (broad SMARTS) is 1. The van der Waals surface area contributed by atoms with Crippen LogP contribution in [0.2, 0.25) is 0 Å². The van der Waals surface area contributed by atoms with Crippen LogP contribution >= 0.6 is 0 Å². The van der Waals surface area contributed by atoms with E-state index in [1.165, 1.54) is 11.0 Å². The van der Waals surface area contributed by atoms with Crippen LogP contribution in [0.3, 0.4) is 0 Å². The van der Waals surface area contributed by atoms with Gasteiger partial charge in [-0.05, 0) is 46.0 Å². The van der Waals surface area contributed by atoms with Crippen LogP contribution in [0.15, 0.2) is 103 Å². The normalized spacial score (nSPS) is 11.8. The Morgan fingerprint density at radius 2 is 1.42 bits per heavy atom. The molecule has 190 valence electrons. The molecule has 38 heavy (non-hydrogen) atoms. The van der Waals surface area contributed by atoms with Gasteiger partial charge in [-0.2, -0.15) is 0 Å². The number of nitrogens with one attached hydrogen (secondary N) is 1. The lowest BCUT2D eigenvalue weighted by molar-refractivity contribution is -0.137. The number of aliphatic carboxylic acids is 1. The molecule has 5 rings (SSSR count). The predicted octanol–water partition coefficient (Wildman–Crippen LogP) is 5.77. The minimum Gasteiger partial charge on any atom is -0.480 e. The fourth-order valence-electron chi connectivity index (χ4n) is 4.83. The van der Waals surface area contributed by atoms with E-state index in [0.717, 1.165) is 27.8 Å². The van der Waals surface area contributed by atoms with Gasteiger partial charge in [0.25, 0.3) is 5.91 Å². The number of carbonyl (C=O) groups is 3. The minimum atomic E-state index is -1.11. The summed E-state index contributed by atoms with van der Waals surface area (Å²) >= 11 is 0. The van der Waals surface area contributed by atoms with E-state index in [9.17, 15) is 19.5 Å². The van der Waals surface area contributed by atoms with Gasteiger partial charge < -0.3 is 14.7 Å². The van der Waals surface area contributed by atoms with Crippen LogP contribution in [0.1, 0.15) is 33.0 Å². The van der Waals surface area contributed by atoms with Gasteiger partial charge in [-0.1, -0.05) is 84.9 Å². The molecule has 0 unspecified atom stereocenters. The predicted molar refractivity (Wildman–Crippen MR) is 144 cm³/mol. The van der Waals surface area contributed by atoms with Crippen molar-refractivity contribution in [2.24, 2.45) is 0 Å². The zero-order valence-electron chi connectivity index (χ0n) is 20.5. The number of rotatable bonds is 8. The molecule has 0 bridgehead atoms. The van der Waals surface area contributed by atoms with Crippen LogP contribution in [-0.2, 0) is 16.1 Å². The van der Waals surface area contributed by atoms with Crippen molar-refractivity contribution in [3.63, 3.8) is 0 Å². The lowest BCUT2D eigenvalue weighted by Crippen LogP contribution is -2.35. The molecular formula is C31H26N2O5. The first-order valence-corrected chi connectivity index (χ1v) is 12.3. The van der Waals surface area contributed by atoms with Crippen molar-refractivity contribution < 1.29 is 24.2 Å². The van der Waals surface area contributed by atoms with Gasteiger partial charge in [-0.3, -0.25) is 14.9 Å². The fraction of sp³-hybridized carbons (Fsp3) is 0.129. The number of hydrogen-bond donors (Lipinski definition) is 2. The highest BCUT2D eigenvalue weighted by atomic mass is 16.5. The molecule has 0 saturated carbocycles. The molecule has 0 aromatic heterocycles. The van der Waals surface area contributed by atoms with E-state index in [1.54, 1.807) is 18.2 Å². The van der Waals surface area contributed by atoms with Gasteiger partial charge >= 0.3 is 12.1 Å². The number of carbonyl (C=O) groups excluding carboxylic acids is 2. The van der Waals surface area contributed by atoms with Crippen molar-refractivity contribution >= 4 is 23.7 Å². The smallest absolute Gasteiger partial charge is 0.411 e. The Morgan fingerprint density at radius 1 is 0.789 bits per heavy atom. The van der Waals surface area contributed by atoms with E-state index in [2.05, 4.69) is 29.6 Å². The van der Waals surface area contributed by atoms with E-state index >= 15 is 0 Å². The summed E-state index contributed by atoms with van der Waals surface area (Å²) in [4.78, 5) is 38.5. The Kier molecular flexibility index (Phi) is 7.17. The maximum atomic E-state index is 13.2. The Bertz CT molecular complexity index is 1440. The van der Waals surface area contributed by atoms with Crippen LogP contribution in [0.4, 0.5) is 10.5 Å². The molecule has 0 fully saturated rings. The molecule has 4 aromatic carbocycles. The van der Waals surface area contributed by atoms with Gasteiger partial charge in [-0.15, -0.1) is 0 Å². The zero-order chi connectivity index (χ0) is 26.5. The molecule has 0 radical (unpaired) electrons. The van der Waals surface area contributed by atoms with Crippen LogP contribution in [-0.4, -0.2) is 41.1 Å². The van der Waals surface area contributed by atoms with Gasteiger partial charge in [0.2, 0.25) is 0 Å². The van der Waals surface area contributed by atoms with Gasteiger partial charge in [0, 0.05) is 23.7 Å². The number of fused-ring (bicyclic) bond motifs is 3. The molecule has 0 heterocycles. The summed E-state index contributed by atoms with van der Waals surface area (Å²) in [6.45, 7) is -0.129. The molecule has 1 aliphatic rings. The maximum Gasteiger partial charge on any atom is 0.411 e. The van der Waals surface area contributed by atoms with E-state index in [0.29, 0.717) is 5.69 Å². The second-order valence-electron chi connectivity index (χ2n) is 9.07. The number of carboxylic acids is 1. The van der Waals surface area contributed by atoms with Gasteiger partial charge in [-0.25, -0.2) is 4.79 Å². The van der Waals surface area contributed by atoms with E-state index < -0.39 is 24.5 Å². The maximum absolute atomic E-state index is 13.2. The number of anilines is 1. The summed E-state index contributed by atoms with van der Waals surface area (Å²) in [5.41, 5.74) is 5.98. The highest BCUT2D eigenvalue weighted by molar-refractivity contribution is 5.97. The summed E-state index contributed by atoms with van der Waals surface area (Å²) in [6, 6.07) is 31.8. The standard InChI is InChI=1S/C31H26N2O5/c34-29(35)19-33(18-21-9-2-1-3-10-21)30(36)22-11-8-12-23(17-22)32-31(37)38-20-28-26-15-6-4-13-24(26)25-14-5-7-16-27(25)28/h1-17,28H,18-20H2,(H,32,37)(H,34,35). The van der Waals surface area contributed by atoms with E-state index in [-0.39, 0.29) is 24.6 Å². The Labute approximate surface area is 220 Å². The monoisotopic (exact) mass is 506 g/mol. The third-order valence-electron chi connectivity index (χ3n) is 6.53. The molecular weight excluding hydrogens is 480 g/mol. The second kappa shape index (κ2) is 11.0. The van der Waals surface area contributed by atoms with Gasteiger partial charge in [0.15, 0.2) is 0 Å². The molecule has 0 aliphatic heterocycles. The largest absolute Gasteiger partial charge is 0.480 e. The third kappa shape index (κ3) is 5.42. The van der Waals surface area contributed by atoms with E-state index in [1.807, 2.05) is 54.6 Å². The lowest BCUT2D eigenvalue weighted by Gasteiger charge is -2.21. The zero-order valence-corrected chi connectivity index (χ0v) is 20.5. The molecule has 2 amide bonds. The first-order chi connectivity index (χ1) is 18.5. The number of nitrogens with zero attached hydrogens (tertiary/aromatic N) is 1. The average molecular weight is 507 g/mol. The Balaban J connectivity index is 1.26. The lowest BCUT2D eigenvalue weighted by atomic mass is 9.98. The third-order valence-corrected chi connectivity index (χ3v) is 6.53. The van der Waals surface area contributed by atoms with Crippen molar-refractivity contribution in [3.8, 4) is 11.1 Å². The SMILES string of the molecule is O=C(O)CN(Cc1ccccc1)C(=O)c1cccc(NC(=O)OCC2c3ccccc3-c3ccccc32)c1. The average Bonchev–Trinajstić information content (AvgIpc) is 3.25. The van der Waals surface area contributed by atoms with Crippen LogP contribution in [0.5, 0.6) is 0 Å². The van der Waals surface area contributed by atoms with E-state index in [4.69, 9.17) is 4.74 Å². The van der Waals surface area contributed by atoms with Crippen molar-refractivity contribution in [2.45, 2.75) is 12.5 Å². The summed E-state index contributed by atoms with van der Waals surface area (Å²) in [5.74, 6) is -1.63. The molecule has 4 aromatic rings. The first kappa shape index (κ1) is 24.8. The Hall–Kier alpha value is -4.91. The second-order valence-corrected chi connectivity index (χ2v) is 9.07. The molecule has 7 nitrogen and oxygen atoms in total. The molecule has 7 heteroatoms. The quantitative estimate of drug-likeness (QED) is 0.316. The minimum absolute atomic E-state index is 0.0661. The van der Waals surface area contributed by atoms with Crippen LogP contribution < -0.4 is 5.32 Å². The molecule has 2 N–H and O–H groups in total. The van der Waals surface area contributed by atoms with Gasteiger partial charge in [0.1, 0.15) is 13.2 Å². The Morgan fingerprint density at radius 3 is 2.08 bits per heavy atom. The summed E-state index contributed by atoms with van der Waals surface area (Å²) in [5, 5.41) is 12.0. The number of benzene rings is 4. The van der Waals surface area contributed by atoms with Crippen molar-refractivity contribution in [1.82, 2.24) is 4.90 Å². The number of hydrogen-bond acceptors (Lipinski definition) is 4. The number of amides is 2. The summed E-state index contributed by atoms with van der Waals surface area (Å²) in [7, 11) is 0. The highest BCUT2D eigenvalue weighted by Crippen LogP contribution is 2.44. The molecule has 0 atom stereocenters. The first-order valence-electron chi connectivity index (χ1n) is 12.3.